The lowest BCUT2D eigenvalue weighted by Gasteiger charge is -2.08. The standard InChI is InChI=1S/C13H13BrO/c1-8(2)10-4-3-9-5-6-12(14)13(15)11(9)7-10/h3-8,15H,1-2H3. The van der Waals surface area contributed by atoms with Crippen molar-refractivity contribution in [2.45, 2.75) is 19.8 Å². The van der Waals surface area contributed by atoms with Gasteiger partial charge >= 0.3 is 0 Å². The van der Waals surface area contributed by atoms with Crippen LogP contribution in [-0.2, 0) is 0 Å². The predicted octanol–water partition coefficient (Wildman–Crippen LogP) is 4.43. The molecule has 0 spiro atoms. The molecule has 15 heavy (non-hydrogen) atoms. The van der Waals surface area contributed by atoms with Crippen LogP contribution in [0.5, 0.6) is 5.75 Å². The van der Waals surface area contributed by atoms with Crippen molar-refractivity contribution in [1.29, 1.82) is 0 Å². The summed E-state index contributed by atoms with van der Waals surface area (Å²) >= 11 is 3.33. The van der Waals surface area contributed by atoms with Crippen LogP contribution >= 0.6 is 15.9 Å². The molecule has 0 unspecified atom stereocenters. The molecule has 0 bridgehead atoms. The summed E-state index contributed by atoms with van der Waals surface area (Å²) in [7, 11) is 0. The minimum absolute atomic E-state index is 0.329. The topological polar surface area (TPSA) is 20.2 Å². The first kappa shape index (κ1) is 10.5. The number of halogens is 1. The summed E-state index contributed by atoms with van der Waals surface area (Å²) in [6.07, 6.45) is 0. The zero-order valence-corrected chi connectivity index (χ0v) is 10.4. The van der Waals surface area contributed by atoms with Crippen molar-refractivity contribution >= 4 is 26.7 Å². The second kappa shape index (κ2) is 3.86. The van der Waals surface area contributed by atoms with Gasteiger partial charge in [0.1, 0.15) is 5.75 Å². The van der Waals surface area contributed by atoms with Gasteiger partial charge in [0.25, 0.3) is 0 Å². The first-order valence-electron chi connectivity index (χ1n) is 5.00. The molecule has 0 amide bonds. The summed E-state index contributed by atoms with van der Waals surface area (Å²) in [5.74, 6) is 0.808. The van der Waals surface area contributed by atoms with Gasteiger partial charge in [0.15, 0.2) is 0 Å². The molecule has 2 aromatic carbocycles. The van der Waals surface area contributed by atoms with Gasteiger partial charge in [-0.25, -0.2) is 0 Å². The fraction of sp³-hybridized carbons (Fsp3) is 0.231. The largest absolute Gasteiger partial charge is 0.506 e. The maximum absolute atomic E-state index is 9.92. The monoisotopic (exact) mass is 264 g/mol. The molecule has 78 valence electrons. The third-order valence-electron chi connectivity index (χ3n) is 2.63. The zero-order chi connectivity index (χ0) is 11.0. The predicted molar refractivity (Wildman–Crippen MR) is 67.4 cm³/mol. The van der Waals surface area contributed by atoms with Gasteiger partial charge in [-0.15, -0.1) is 0 Å². The van der Waals surface area contributed by atoms with Gasteiger partial charge in [0.05, 0.1) is 4.47 Å². The molecular weight excluding hydrogens is 252 g/mol. The third kappa shape index (κ3) is 1.86. The Kier molecular flexibility index (Phi) is 2.70. The molecule has 0 aliphatic heterocycles. The van der Waals surface area contributed by atoms with Crippen molar-refractivity contribution < 1.29 is 5.11 Å². The molecule has 2 heteroatoms. The fourth-order valence-electron chi connectivity index (χ4n) is 1.65. The summed E-state index contributed by atoms with van der Waals surface area (Å²) in [5, 5.41) is 11.9. The molecule has 0 heterocycles. The number of rotatable bonds is 1. The van der Waals surface area contributed by atoms with Crippen LogP contribution in [-0.4, -0.2) is 5.11 Å². The highest BCUT2D eigenvalue weighted by molar-refractivity contribution is 9.10. The molecule has 0 aromatic heterocycles. The number of benzene rings is 2. The lowest BCUT2D eigenvalue weighted by molar-refractivity contribution is 0.478. The highest BCUT2D eigenvalue weighted by Crippen LogP contribution is 2.34. The maximum atomic E-state index is 9.92. The van der Waals surface area contributed by atoms with E-state index < -0.39 is 0 Å². The smallest absolute Gasteiger partial charge is 0.137 e. The summed E-state index contributed by atoms with van der Waals surface area (Å²) in [5.41, 5.74) is 1.25. The Morgan fingerprint density at radius 3 is 2.47 bits per heavy atom. The number of hydrogen-bond acceptors (Lipinski definition) is 1. The van der Waals surface area contributed by atoms with E-state index in [1.54, 1.807) is 0 Å². The number of fused-ring (bicyclic) bond motifs is 1. The molecule has 2 aromatic rings. The van der Waals surface area contributed by atoms with Gasteiger partial charge in [0.2, 0.25) is 0 Å². The summed E-state index contributed by atoms with van der Waals surface area (Å²) in [6, 6.07) is 10.1. The van der Waals surface area contributed by atoms with Crippen LogP contribution in [0.2, 0.25) is 0 Å². The van der Waals surface area contributed by atoms with Crippen LogP contribution in [0.3, 0.4) is 0 Å². The molecule has 0 saturated heterocycles. The number of hydrogen-bond donors (Lipinski definition) is 1. The molecule has 0 radical (unpaired) electrons. The van der Waals surface area contributed by atoms with Crippen molar-refractivity contribution in [3.8, 4) is 5.75 Å². The van der Waals surface area contributed by atoms with Gasteiger partial charge in [-0.1, -0.05) is 32.0 Å². The quantitative estimate of drug-likeness (QED) is 0.808. The van der Waals surface area contributed by atoms with Gasteiger partial charge in [-0.2, -0.15) is 0 Å². The molecule has 0 aliphatic rings. The number of aromatic hydroxyl groups is 1. The first-order chi connectivity index (χ1) is 7.09. The van der Waals surface area contributed by atoms with E-state index in [1.807, 2.05) is 12.1 Å². The fourth-order valence-corrected chi connectivity index (χ4v) is 2.00. The SMILES string of the molecule is CC(C)c1ccc2ccc(Br)c(O)c2c1. The van der Waals surface area contributed by atoms with E-state index in [0.717, 1.165) is 15.2 Å². The van der Waals surface area contributed by atoms with Crippen molar-refractivity contribution in [1.82, 2.24) is 0 Å². The molecule has 0 saturated carbocycles. The van der Waals surface area contributed by atoms with Crippen LogP contribution in [0.15, 0.2) is 34.8 Å². The molecule has 2 rings (SSSR count). The Hall–Kier alpha value is -1.02. The van der Waals surface area contributed by atoms with Crippen molar-refractivity contribution in [2.24, 2.45) is 0 Å². The normalized spacial score (nSPS) is 11.2. The molecule has 0 aliphatic carbocycles. The van der Waals surface area contributed by atoms with Gasteiger partial charge in [0, 0.05) is 5.39 Å². The minimum atomic E-state index is 0.329. The second-order valence-electron chi connectivity index (χ2n) is 4.03. The van der Waals surface area contributed by atoms with E-state index >= 15 is 0 Å². The van der Waals surface area contributed by atoms with Crippen LogP contribution in [0.25, 0.3) is 10.8 Å². The number of phenols is 1. The molecule has 0 atom stereocenters. The Labute approximate surface area is 97.9 Å². The summed E-state index contributed by atoms with van der Waals surface area (Å²) < 4.78 is 0.746. The summed E-state index contributed by atoms with van der Waals surface area (Å²) in [6.45, 7) is 4.30. The third-order valence-corrected chi connectivity index (χ3v) is 3.27. The Morgan fingerprint density at radius 2 is 1.80 bits per heavy atom. The van der Waals surface area contributed by atoms with Crippen LogP contribution in [0, 0.1) is 0 Å². The molecule has 1 N–H and O–H groups in total. The van der Waals surface area contributed by atoms with Crippen LogP contribution < -0.4 is 0 Å². The van der Waals surface area contributed by atoms with Crippen LogP contribution in [0.1, 0.15) is 25.3 Å². The Morgan fingerprint density at radius 1 is 1.13 bits per heavy atom. The van der Waals surface area contributed by atoms with Gasteiger partial charge < -0.3 is 5.11 Å². The van der Waals surface area contributed by atoms with Crippen LogP contribution in [0.4, 0.5) is 0 Å². The zero-order valence-electron chi connectivity index (χ0n) is 8.79. The first-order valence-corrected chi connectivity index (χ1v) is 5.80. The van der Waals surface area contributed by atoms with E-state index in [-0.39, 0.29) is 0 Å². The van der Waals surface area contributed by atoms with Crippen molar-refractivity contribution in [3.63, 3.8) is 0 Å². The average molecular weight is 265 g/mol. The van der Waals surface area contributed by atoms with E-state index in [4.69, 9.17) is 0 Å². The Balaban J connectivity index is 2.73. The van der Waals surface area contributed by atoms with E-state index in [0.29, 0.717) is 11.7 Å². The number of phenolic OH excluding ortho intramolecular Hbond substituents is 1. The van der Waals surface area contributed by atoms with Gasteiger partial charge in [-0.3, -0.25) is 0 Å². The highest BCUT2D eigenvalue weighted by atomic mass is 79.9. The van der Waals surface area contributed by atoms with E-state index in [1.165, 1.54) is 5.56 Å². The molecular formula is C13H13BrO. The van der Waals surface area contributed by atoms with E-state index in [9.17, 15) is 5.11 Å². The van der Waals surface area contributed by atoms with Gasteiger partial charge in [-0.05, 0) is 44.9 Å². The molecule has 0 fully saturated rings. The van der Waals surface area contributed by atoms with E-state index in [2.05, 4.69) is 48.0 Å². The second-order valence-corrected chi connectivity index (χ2v) is 4.89. The lowest BCUT2D eigenvalue weighted by Crippen LogP contribution is -1.87. The maximum Gasteiger partial charge on any atom is 0.137 e. The Bertz CT molecular complexity index is 503. The van der Waals surface area contributed by atoms with Crippen molar-refractivity contribution in [3.05, 3.63) is 40.4 Å². The van der Waals surface area contributed by atoms with Crippen molar-refractivity contribution in [2.75, 3.05) is 0 Å². The molecule has 1 nitrogen and oxygen atoms in total. The lowest BCUT2D eigenvalue weighted by atomic mass is 9.99. The summed E-state index contributed by atoms with van der Waals surface area (Å²) in [4.78, 5) is 0. The average Bonchev–Trinajstić information content (AvgIpc) is 2.23. The highest BCUT2D eigenvalue weighted by Gasteiger charge is 2.06. The minimum Gasteiger partial charge on any atom is -0.506 e.